The molecule has 1 aliphatic heterocycles. The van der Waals surface area contributed by atoms with Gasteiger partial charge < -0.3 is 19.1 Å². The molecule has 26 heavy (non-hydrogen) atoms. The van der Waals surface area contributed by atoms with Gasteiger partial charge in [0.15, 0.2) is 18.1 Å². The monoisotopic (exact) mass is 361 g/mol. The molecular weight excluding hydrogens is 334 g/mol. The number of ether oxygens (including phenoxy) is 3. The predicted octanol–water partition coefficient (Wildman–Crippen LogP) is 3.04. The molecule has 6 heteroatoms. The van der Waals surface area contributed by atoms with Crippen LogP contribution in [0.3, 0.4) is 0 Å². The number of carbonyl (C=O) groups is 2. The summed E-state index contributed by atoms with van der Waals surface area (Å²) in [6.45, 7) is 0.804. The molecule has 0 spiro atoms. The van der Waals surface area contributed by atoms with E-state index in [0.717, 1.165) is 19.4 Å². The van der Waals surface area contributed by atoms with Crippen molar-refractivity contribution in [3.8, 4) is 11.5 Å². The number of hydrogen-bond acceptors (Lipinski definition) is 5. The van der Waals surface area contributed by atoms with Crippen molar-refractivity contribution in [1.82, 2.24) is 4.90 Å². The minimum Gasteiger partial charge on any atom is -0.493 e. The molecule has 1 aromatic carbocycles. The third-order valence-corrected chi connectivity index (χ3v) is 5.50. The first-order valence-electron chi connectivity index (χ1n) is 9.32. The molecule has 2 atom stereocenters. The van der Waals surface area contributed by atoms with Crippen LogP contribution < -0.4 is 9.47 Å². The number of methoxy groups -OCH3 is 2. The molecule has 142 valence electrons. The normalized spacial score (nSPS) is 22.3. The van der Waals surface area contributed by atoms with Gasteiger partial charge in [0.2, 0.25) is 0 Å². The van der Waals surface area contributed by atoms with Gasteiger partial charge >= 0.3 is 5.97 Å². The van der Waals surface area contributed by atoms with E-state index >= 15 is 0 Å². The summed E-state index contributed by atoms with van der Waals surface area (Å²) in [5.74, 6) is 1.10. The van der Waals surface area contributed by atoms with Gasteiger partial charge in [0.05, 0.1) is 19.8 Å². The van der Waals surface area contributed by atoms with Crippen molar-refractivity contribution < 1.29 is 23.8 Å². The van der Waals surface area contributed by atoms with Crippen LogP contribution in [-0.4, -0.2) is 50.2 Å². The van der Waals surface area contributed by atoms with E-state index in [0.29, 0.717) is 29.0 Å². The Hall–Kier alpha value is -2.24. The van der Waals surface area contributed by atoms with Gasteiger partial charge in [-0.2, -0.15) is 0 Å². The number of benzene rings is 1. The van der Waals surface area contributed by atoms with Gasteiger partial charge in [-0.1, -0.05) is 12.8 Å². The van der Waals surface area contributed by atoms with E-state index in [1.54, 1.807) is 18.2 Å². The zero-order valence-electron chi connectivity index (χ0n) is 15.5. The number of nitrogens with zero attached hydrogens (tertiary/aromatic N) is 1. The molecular formula is C20H27NO5. The van der Waals surface area contributed by atoms with Crippen molar-refractivity contribution in [3.05, 3.63) is 23.8 Å². The van der Waals surface area contributed by atoms with Crippen molar-refractivity contribution in [3.63, 3.8) is 0 Å². The van der Waals surface area contributed by atoms with Crippen molar-refractivity contribution in [2.24, 2.45) is 5.92 Å². The average Bonchev–Trinajstić information content (AvgIpc) is 2.70. The first kappa shape index (κ1) is 18.5. The molecule has 0 bridgehead atoms. The highest BCUT2D eigenvalue weighted by molar-refractivity contribution is 5.90. The Morgan fingerprint density at radius 3 is 2.62 bits per heavy atom. The number of carbonyl (C=O) groups excluding carboxylic acids is 2. The number of likely N-dealkylation sites (tertiary alicyclic amines) is 1. The predicted molar refractivity (Wildman–Crippen MR) is 96.5 cm³/mol. The molecule has 2 aliphatic rings. The van der Waals surface area contributed by atoms with Gasteiger partial charge in [-0.3, -0.25) is 4.79 Å². The summed E-state index contributed by atoms with van der Waals surface area (Å²) in [6, 6.07) is 5.17. The molecule has 0 N–H and O–H groups in total. The third-order valence-electron chi connectivity index (χ3n) is 5.50. The van der Waals surface area contributed by atoms with Crippen LogP contribution in [0.15, 0.2) is 18.2 Å². The van der Waals surface area contributed by atoms with Crippen LogP contribution in [0.1, 0.15) is 48.9 Å². The fourth-order valence-corrected chi connectivity index (χ4v) is 4.19. The van der Waals surface area contributed by atoms with Gasteiger partial charge in [0.1, 0.15) is 0 Å². The van der Waals surface area contributed by atoms with Gasteiger partial charge in [-0.05, 0) is 49.8 Å². The number of amides is 1. The standard InChI is InChI=1S/C20H27NO5/c1-24-18-12-15(20(23)25-2)9-10-17(18)26-13-19(22)21-11-5-7-14-6-3-4-8-16(14)21/h9-10,12,14,16H,3-8,11,13H2,1-2H3/t14-,16+/m1/s1. The maximum Gasteiger partial charge on any atom is 0.337 e. The summed E-state index contributed by atoms with van der Waals surface area (Å²) in [5, 5.41) is 0. The lowest BCUT2D eigenvalue weighted by molar-refractivity contribution is -0.139. The smallest absolute Gasteiger partial charge is 0.337 e. The summed E-state index contributed by atoms with van der Waals surface area (Å²) in [5.41, 5.74) is 0.379. The first-order valence-corrected chi connectivity index (χ1v) is 9.32. The van der Waals surface area contributed by atoms with Crippen LogP contribution in [0.4, 0.5) is 0 Å². The zero-order chi connectivity index (χ0) is 18.5. The fourth-order valence-electron chi connectivity index (χ4n) is 4.19. The minimum atomic E-state index is -0.442. The van der Waals surface area contributed by atoms with E-state index in [1.165, 1.54) is 39.9 Å². The van der Waals surface area contributed by atoms with E-state index in [4.69, 9.17) is 14.2 Å². The number of piperidine rings is 1. The molecule has 1 amide bonds. The van der Waals surface area contributed by atoms with E-state index < -0.39 is 5.97 Å². The Labute approximate surface area is 154 Å². The van der Waals surface area contributed by atoms with E-state index in [9.17, 15) is 9.59 Å². The summed E-state index contributed by atoms with van der Waals surface area (Å²) < 4.78 is 15.7. The first-order chi connectivity index (χ1) is 12.6. The second kappa shape index (κ2) is 8.43. The number of esters is 1. The van der Waals surface area contributed by atoms with Crippen molar-refractivity contribution in [2.75, 3.05) is 27.4 Å². The molecule has 1 saturated carbocycles. The largest absolute Gasteiger partial charge is 0.493 e. The van der Waals surface area contributed by atoms with Gasteiger partial charge in [0.25, 0.3) is 5.91 Å². The fraction of sp³-hybridized carbons (Fsp3) is 0.600. The van der Waals surface area contributed by atoms with E-state index in [2.05, 4.69) is 0 Å². The second-order valence-corrected chi connectivity index (χ2v) is 6.99. The summed E-state index contributed by atoms with van der Waals surface area (Å²) in [7, 11) is 2.83. The van der Waals surface area contributed by atoms with Crippen LogP contribution in [0.5, 0.6) is 11.5 Å². The molecule has 2 fully saturated rings. The number of rotatable bonds is 5. The number of hydrogen-bond donors (Lipinski definition) is 0. The van der Waals surface area contributed by atoms with Gasteiger partial charge in [-0.15, -0.1) is 0 Å². The third kappa shape index (κ3) is 3.94. The number of fused-ring (bicyclic) bond motifs is 1. The Morgan fingerprint density at radius 2 is 1.85 bits per heavy atom. The Kier molecular flexibility index (Phi) is 6.01. The molecule has 1 aromatic rings. The average molecular weight is 361 g/mol. The lowest BCUT2D eigenvalue weighted by Gasteiger charge is -2.44. The Balaban J connectivity index is 1.64. The second-order valence-electron chi connectivity index (χ2n) is 6.99. The lowest BCUT2D eigenvalue weighted by Crippen LogP contribution is -2.51. The summed E-state index contributed by atoms with van der Waals surface area (Å²) in [4.78, 5) is 26.4. The Morgan fingerprint density at radius 1 is 1.08 bits per heavy atom. The minimum absolute atomic E-state index is 0.0167. The molecule has 1 aliphatic carbocycles. The van der Waals surface area contributed by atoms with Crippen LogP contribution in [0.25, 0.3) is 0 Å². The highest BCUT2D eigenvalue weighted by atomic mass is 16.5. The maximum absolute atomic E-state index is 12.7. The SMILES string of the molecule is COC(=O)c1ccc(OCC(=O)N2CCC[C@H]3CCCC[C@@H]32)c(OC)c1. The van der Waals surface area contributed by atoms with Crippen LogP contribution in [0.2, 0.25) is 0 Å². The van der Waals surface area contributed by atoms with Gasteiger partial charge in [0, 0.05) is 12.6 Å². The van der Waals surface area contributed by atoms with Crippen molar-refractivity contribution in [2.45, 2.75) is 44.6 Å². The quantitative estimate of drug-likeness (QED) is 0.754. The van der Waals surface area contributed by atoms with Crippen molar-refractivity contribution >= 4 is 11.9 Å². The molecule has 1 heterocycles. The Bertz CT molecular complexity index is 658. The van der Waals surface area contributed by atoms with Gasteiger partial charge in [-0.25, -0.2) is 4.79 Å². The van der Waals surface area contributed by atoms with E-state index in [1.807, 2.05) is 4.90 Å². The zero-order valence-corrected chi connectivity index (χ0v) is 15.5. The van der Waals surface area contributed by atoms with Crippen LogP contribution in [0, 0.1) is 5.92 Å². The summed E-state index contributed by atoms with van der Waals surface area (Å²) >= 11 is 0. The molecule has 0 radical (unpaired) electrons. The van der Waals surface area contributed by atoms with Crippen LogP contribution in [-0.2, 0) is 9.53 Å². The molecule has 3 rings (SSSR count). The molecule has 1 saturated heterocycles. The lowest BCUT2D eigenvalue weighted by atomic mass is 9.78. The highest BCUT2D eigenvalue weighted by Gasteiger charge is 2.35. The topological polar surface area (TPSA) is 65.1 Å². The maximum atomic E-state index is 12.7. The highest BCUT2D eigenvalue weighted by Crippen LogP contribution is 2.35. The van der Waals surface area contributed by atoms with Crippen LogP contribution >= 0.6 is 0 Å². The van der Waals surface area contributed by atoms with E-state index in [-0.39, 0.29) is 12.5 Å². The summed E-state index contributed by atoms with van der Waals surface area (Å²) in [6.07, 6.45) is 7.13. The van der Waals surface area contributed by atoms with Crippen molar-refractivity contribution in [1.29, 1.82) is 0 Å². The molecule has 0 aromatic heterocycles. The molecule has 0 unspecified atom stereocenters. The molecule has 6 nitrogen and oxygen atoms in total.